The Morgan fingerprint density at radius 3 is 2.50 bits per heavy atom. The molecular weight excluding hydrogens is 398 g/mol. The van der Waals surface area contributed by atoms with Gasteiger partial charge in [-0.3, -0.25) is 4.98 Å². The minimum absolute atomic E-state index is 0.172. The zero-order valence-corrected chi connectivity index (χ0v) is 18.5. The maximum Gasteiger partial charge on any atom is 0.113 e. The van der Waals surface area contributed by atoms with Gasteiger partial charge < -0.3 is 0 Å². The van der Waals surface area contributed by atoms with Crippen LogP contribution in [0.15, 0.2) is 66.9 Å². The molecule has 0 spiro atoms. The van der Waals surface area contributed by atoms with Gasteiger partial charge in [0, 0.05) is 40.2 Å². The van der Waals surface area contributed by atoms with Crippen LogP contribution in [0.1, 0.15) is 19.4 Å². The van der Waals surface area contributed by atoms with Gasteiger partial charge in [-0.25, -0.2) is 0 Å². The Labute approximate surface area is 190 Å². The number of pyridine rings is 1. The topological polar surface area (TPSA) is 12.9 Å². The van der Waals surface area contributed by atoms with Crippen molar-refractivity contribution in [2.24, 2.45) is 0 Å². The number of aromatic nitrogens is 1. The molecule has 6 rings (SSSR count). The van der Waals surface area contributed by atoms with E-state index in [-0.39, 0.29) is 11.1 Å². The predicted molar refractivity (Wildman–Crippen MR) is 134 cm³/mol. The Morgan fingerprint density at radius 2 is 1.63 bits per heavy atom. The first kappa shape index (κ1) is 12.8. The van der Waals surface area contributed by atoms with Gasteiger partial charge in [0.05, 0.1) is 5.69 Å². The quantitative estimate of drug-likeness (QED) is 0.277. The molecule has 0 atom stereocenters. The molecule has 3 heterocycles. The normalized spacial score (nSPS) is 18.1. The fourth-order valence-electron chi connectivity index (χ4n) is 4.80. The van der Waals surface area contributed by atoms with Crippen LogP contribution < -0.4 is 10.4 Å². The van der Waals surface area contributed by atoms with Crippen LogP contribution in [0.2, 0.25) is 13.1 Å². The van der Waals surface area contributed by atoms with Crippen molar-refractivity contribution in [1.29, 1.82) is 0 Å². The van der Waals surface area contributed by atoms with Gasteiger partial charge in [-0.2, -0.15) is 0 Å². The molecule has 0 aliphatic carbocycles. The van der Waals surface area contributed by atoms with Crippen LogP contribution in [0.5, 0.6) is 0 Å². The van der Waals surface area contributed by atoms with Crippen molar-refractivity contribution < 1.29 is 8.22 Å². The smallest absolute Gasteiger partial charge is 0.113 e. The van der Waals surface area contributed by atoms with Gasteiger partial charge in [-0.1, -0.05) is 61.6 Å². The van der Waals surface area contributed by atoms with Crippen molar-refractivity contribution in [3.63, 3.8) is 0 Å². The summed E-state index contributed by atoms with van der Waals surface area (Å²) in [5.41, 5.74) is 3.53. The van der Waals surface area contributed by atoms with E-state index in [2.05, 4.69) is 60.5 Å². The van der Waals surface area contributed by atoms with E-state index in [1.807, 2.05) is 12.1 Å². The second-order valence-electron chi connectivity index (χ2n) is 8.46. The van der Waals surface area contributed by atoms with E-state index in [0.717, 1.165) is 15.6 Å². The highest BCUT2D eigenvalue weighted by molar-refractivity contribution is 7.26. The van der Waals surface area contributed by atoms with Crippen molar-refractivity contribution in [2.75, 3.05) is 0 Å². The third-order valence-corrected chi connectivity index (χ3v) is 11.1. The number of thiophene rings is 1. The van der Waals surface area contributed by atoms with Crippen LogP contribution in [0.25, 0.3) is 42.6 Å². The summed E-state index contributed by atoms with van der Waals surface area (Å²) in [6.07, 6.45) is 1.20. The maximum atomic E-state index is 7.94. The molecule has 1 aliphatic heterocycles. The fraction of sp³-hybridized carbons (Fsp3) is 0.148. The highest BCUT2D eigenvalue weighted by Gasteiger charge is 2.37. The largest absolute Gasteiger partial charge is 0.256 e. The Balaban J connectivity index is 1.59. The number of fused-ring (bicyclic) bond motifs is 6. The van der Waals surface area contributed by atoms with E-state index in [4.69, 9.17) is 8.22 Å². The molecule has 0 radical (unpaired) electrons. The van der Waals surface area contributed by atoms with E-state index in [1.165, 1.54) is 43.8 Å². The SMILES string of the molecule is [2H]C([2H])([2H])c1cnc(-c2cccc3c2sc2cc4c(cc23)[Si](C)(C)c2ccccc2-4)cc1C([2H])([2H])[2H]. The summed E-state index contributed by atoms with van der Waals surface area (Å²) in [5, 5.41) is 5.21. The second-order valence-corrected chi connectivity index (χ2v) is 13.8. The number of benzene rings is 3. The molecule has 2 aromatic heterocycles. The Hall–Kier alpha value is -2.75. The van der Waals surface area contributed by atoms with Crippen LogP contribution in [-0.4, -0.2) is 13.1 Å². The molecule has 5 aromatic rings. The minimum atomic E-state index is -2.56. The first-order valence-corrected chi connectivity index (χ1v) is 13.8. The van der Waals surface area contributed by atoms with E-state index >= 15 is 0 Å². The molecule has 0 fully saturated rings. The zero-order chi connectivity index (χ0) is 25.6. The molecule has 0 N–H and O–H groups in total. The van der Waals surface area contributed by atoms with Gasteiger partial charge in [-0.05, 0) is 58.5 Å². The molecule has 0 unspecified atom stereocenters. The summed E-state index contributed by atoms with van der Waals surface area (Å²) in [7, 11) is -1.81. The average molecular weight is 428 g/mol. The van der Waals surface area contributed by atoms with E-state index in [1.54, 1.807) is 11.3 Å². The molecule has 3 heteroatoms. The van der Waals surface area contributed by atoms with E-state index in [9.17, 15) is 0 Å². The van der Waals surface area contributed by atoms with Gasteiger partial charge in [0.2, 0.25) is 0 Å². The first-order chi connectivity index (χ1) is 16.9. The van der Waals surface area contributed by atoms with Gasteiger partial charge in [-0.15, -0.1) is 11.3 Å². The standard InChI is InChI=1S/C27H23NSSi/c1-16-12-23(28-15-17(16)2)20-10-7-9-19-21-14-26-22(13-24(21)29-27(19)20)18-8-5-6-11-25(18)30(26,3)4/h5-15H,1-4H3/i1D3,2D3. The Morgan fingerprint density at radius 1 is 0.800 bits per heavy atom. The van der Waals surface area contributed by atoms with Crippen molar-refractivity contribution in [1.82, 2.24) is 4.98 Å². The molecule has 1 aliphatic rings. The van der Waals surface area contributed by atoms with Crippen LogP contribution in [0.3, 0.4) is 0 Å². The molecule has 0 saturated carbocycles. The summed E-state index contributed by atoms with van der Waals surface area (Å²) < 4.78 is 49.3. The number of aryl methyl sites for hydroxylation is 2. The molecule has 0 bridgehead atoms. The van der Waals surface area contributed by atoms with Crippen molar-refractivity contribution >= 4 is 50.0 Å². The number of hydrogen-bond acceptors (Lipinski definition) is 2. The average Bonchev–Trinajstić information content (AvgIpc) is 3.29. The first-order valence-electron chi connectivity index (χ1n) is 13.0. The Kier molecular flexibility index (Phi) is 2.62. The molecule has 0 amide bonds. The lowest BCUT2D eigenvalue weighted by atomic mass is 10.0. The van der Waals surface area contributed by atoms with Gasteiger partial charge >= 0.3 is 0 Å². The third-order valence-electron chi connectivity index (χ3n) is 6.38. The highest BCUT2D eigenvalue weighted by Crippen LogP contribution is 2.42. The van der Waals surface area contributed by atoms with Gasteiger partial charge in [0.25, 0.3) is 0 Å². The number of rotatable bonds is 1. The number of hydrogen-bond donors (Lipinski definition) is 0. The van der Waals surface area contributed by atoms with Crippen molar-refractivity contribution in [3.05, 3.63) is 78.0 Å². The van der Waals surface area contributed by atoms with Crippen molar-refractivity contribution in [2.45, 2.75) is 26.8 Å². The van der Waals surface area contributed by atoms with Gasteiger partial charge in [0.1, 0.15) is 8.07 Å². The van der Waals surface area contributed by atoms with E-state index < -0.39 is 21.8 Å². The molecule has 1 nitrogen and oxygen atoms in total. The summed E-state index contributed by atoms with van der Waals surface area (Å²) in [5.74, 6) is 0. The summed E-state index contributed by atoms with van der Waals surface area (Å²) >= 11 is 1.67. The fourth-order valence-corrected chi connectivity index (χ4v) is 9.12. The second kappa shape index (κ2) is 6.13. The lowest BCUT2D eigenvalue weighted by molar-refractivity contribution is 1.22. The van der Waals surface area contributed by atoms with Crippen molar-refractivity contribution in [3.8, 4) is 22.4 Å². The zero-order valence-electron chi connectivity index (χ0n) is 22.7. The lowest BCUT2D eigenvalue weighted by Crippen LogP contribution is -2.49. The number of nitrogens with zero attached hydrogens (tertiary/aromatic N) is 1. The maximum absolute atomic E-state index is 7.94. The monoisotopic (exact) mass is 427 g/mol. The van der Waals surface area contributed by atoms with E-state index in [0.29, 0.717) is 5.69 Å². The van der Waals surface area contributed by atoms with Crippen LogP contribution in [-0.2, 0) is 0 Å². The molecular formula is C27H23NSSi. The molecule has 30 heavy (non-hydrogen) atoms. The molecule has 3 aromatic carbocycles. The lowest BCUT2D eigenvalue weighted by Gasteiger charge is -2.18. The molecule has 146 valence electrons. The summed E-state index contributed by atoms with van der Waals surface area (Å²) in [6, 6.07) is 20.8. The Bertz CT molecular complexity index is 1700. The minimum Gasteiger partial charge on any atom is -0.256 e. The van der Waals surface area contributed by atoms with Crippen LogP contribution >= 0.6 is 11.3 Å². The predicted octanol–water partition coefficient (Wildman–Crippen LogP) is 6.54. The third kappa shape index (κ3) is 2.36. The van der Waals surface area contributed by atoms with Gasteiger partial charge in [0.15, 0.2) is 0 Å². The molecule has 0 saturated heterocycles. The van der Waals surface area contributed by atoms with Crippen LogP contribution in [0, 0.1) is 13.7 Å². The highest BCUT2D eigenvalue weighted by atomic mass is 32.1. The summed E-state index contributed by atoms with van der Waals surface area (Å²) in [4.78, 5) is 4.43. The van der Waals surface area contributed by atoms with Crippen LogP contribution in [0.4, 0.5) is 0 Å². The summed E-state index contributed by atoms with van der Waals surface area (Å²) in [6.45, 7) is -0.307.